The van der Waals surface area contributed by atoms with Crippen LogP contribution in [0.4, 0.5) is 0 Å². The van der Waals surface area contributed by atoms with Gasteiger partial charge >= 0.3 is 0 Å². The van der Waals surface area contributed by atoms with Gasteiger partial charge in [-0.1, -0.05) is 31.4 Å². The third-order valence-electron chi connectivity index (χ3n) is 8.55. The summed E-state index contributed by atoms with van der Waals surface area (Å²) in [4.78, 5) is 2.79. The van der Waals surface area contributed by atoms with Gasteiger partial charge in [-0.25, -0.2) is 0 Å². The largest absolute Gasteiger partial charge is 0.493 e. The summed E-state index contributed by atoms with van der Waals surface area (Å²) in [6.45, 7) is 8.16. The maximum atomic E-state index is 5.77. The minimum atomic E-state index is -0.243. The van der Waals surface area contributed by atoms with E-state index in [0.29, 0.717) is 0 Å². The zero-order chi connectivity index (χ0) is 27.4. The maximum absolute atomic E-state index is 5.77. The van der Waals surface area contributed by atoms with E-state index >= 15 is 0 Å². The normalized spacial score (nSPS) is 19.2. The van der Waals surface area contributed by atoms with E-state index in [1.807, 2.05) is 6.07 Å². The Morgan fingerprint density at radius 2 is 1.29 bits per heavy atom. The number of rotatable bonds is 10. The van der Waals surface area contributed by atoms with Crippen LogP contribution in [0.3, 0.4) is 0 Å². The van der Waals surface area contributed by atoms with E-state index in [1.54, 1.807) is 28.4 Å². The molecule has 7 heteroatoms. The van der Waals surface area contributed by atoms with Crippen LogP contribution >= 0.6 is 23.5 Å². The molecule has 5 nitrogen and oxygen atoms in total. The molecule has 1 saturated heterocycles. The molecule has 38 heavy (non-hydrogen) atoms. The highest BCUT2D eigenvalue weighted by atomic mass is 32.2. The topological polar surface area (TPSA) is 40.2 Å². The van der Waals surface area contributed by atoms with Crippen molar-refractivity contribution in [3.05, 3.63) is 47.5 Å². The Morgan fingerprint density at radius 1 is 0.737 bits per heavy atom. The summed E-state index contributed by atoms with van der Waals surface area (Å²) in [7, 11) is 6.85. The van der Waals surface area contributed by atoms with Gasteiger partial charge in [0.25, 0.3) is 0 Å². The van der Waals surface area contributed by atoms with Crippen molar-refractivity contribution in [2.24, 2.45) is 0 Å². The molecule has 0 atom stereocenters. The number of hydrogen-bond donors (Lipinski definition) is 0. The molecule has 0 bridgehead atoms. The van der Waals surface area contributed by atoms with Gasteiger partial charge in [0.1, 0.15) is 4.20 Å². The van der Waals surface area contributed by atoms with Gasteiger partial charge in [0.05, 0.1) is 28.4 Å². The molecule has 1 aliphatic heterocycles. The molecule has 1 saturated carbocycles. The molecule has 0 amide bonds. The molecule has 1 heterocycles. The maximum Gasteiger partial charge on any atom is 0.161 e. The molecule has 0 aromatic heterocycles. The molecule has 0 unspecified atom stereocenters. The quantitative estimate of drug-likeness (QED) is 0.295. The van der Waals surface area contributed by atoms with Crippen molar-refractivity contribution in [3.8, 4) is 23.0 Å². The van der Waals surface area contributed by atoms with Gasteiger partial charge in [0, 0.05) is 17.5 Å². The number of nitrogens with zero attached hydrogens (tertiary/aromatic N) is 1. The first-order chi connectivity index (χ1) is 18.2. The third-order valence-corrected chi connectivity index (χ3v) is 11.8. The minimum absolute atomic E-state index is 0.0349. The zero-order valence-corrected chi connectivity index (χ0v) is 25.9. The Kier molecular flexibility index (Phi) is 9.42. The third kappa shape index (κ3) is 5.75. The number of methoxy groups -OCH3 is 4. The highest BCUT2D eigenvalue weighted by Crippen LogP contribution is 2.53. The summed E-state index contributed by atoms with van der Waals surface area (Å²) in [5.41, 5.74) is 2.39. The van der Waals surface area contributed by atoms with Crippen LogP contribution in [0.5, 0.6) is 23.0 Å². The lowest BCUT2D eigenvalue weighted by Crippen LogP contribution is -2.58. The van der Waals surface area contributed by atoms with Crippen molar-refractivity contribution in [3.63, 3.8) is 0 Å². The molecule has 0 radical (unpaired) electrons. The van der Waals surface area contributed by atoms with Crippen molar-refractivity contribution in [2.75, 3.05) is 46.5 Å². The number of benzene rings is 2. The second kappa shape index (κ2) is 12.2. The fourth-order valence-electron chi connectivity index (χ4n) is 6.24. The lowest BCUT2D eigenvalue weighted by Gasteiger charge is -2.55. The standard InChI is InChI=1S/C31H45NO4S2/c1-29(2,23-12-14-25(33-4)27(20-23)35-6)32(30(3)37-18-11-19-38-30)22-31(16-9-8-10-17-31)24-13-15-26(34-5)28(21-24)36-7/h12-15,20-21H,8-11,16-19,22H2,1-7H3. The molecule has 4 rings (SSSR count). The van der Waals surface area contributed by atoms with E-state index < -0.39 is 0 Å². The van der Waals surface area contributed by atoms with Crippen molar-refractivity contribution < 1.29 is 18.9 Å². The van der Waals surface area contributed by atoms with Gasteiger partial charge in [0.2, 0.25) is 0 Å². The lowest BCUT2D eigenvalue weighted by molar-refractivity contribution is 0.0533. The lowest BCUT2D eigenvalue weighted by atomic mass is 9.68. The Labute approximate surface area is 238 Å². The van der Waals surface area contributed by atoms with Crippen molar-refractivity contribution in [2.45, 2.75) is 74.5 Å². The van der Waals surface area contributed by atoms with Gasteiger partial charge < -0.3 is 18.9 Å². The fourth-order valence-corrected chi connectivity index (χ4v) is 9.48. The van der Waals surface area contributed by atoms with Crippen LogP contribution in [0.1, 0.15) is 70.4 Å². The van der Waals surface area contributed by atoms with Gasteiger partial charge in [0.15, 0.2) is 23.0 Å². The highest BCUT2D eigenvalue weighted by Gasteiger charge is 2.48. The first-order valence-electron chi connectivity index (χ1n) is 13.7. The SMILES string of the molecule is COc1ccc(C2(CN(C3(C)SCCCS3)C(C)(C)c3ccc(OC)c(OC)c3)CCCCC2)cc1OC. The van der Waals surface area contributed by atoms with Crippen LogP contribution < -0.4 is 18.9 Å². The summed E-state index contributed by atoms with van der Waals surface area (Å²) < 4.78 is 22.6. The van der Waals surface area contributed by atoms with E-state index in [-0.39, 0.29) is 15.2 Å². The number of ether oxygens (including phenoxy) is 4. The molecule has 2 aromatic carbocycles. The summed E-state index contributed by atoms with van der Waals surface area (Å²) in [6.07, 6.45) is 7.40. The second-order valence-electron chi connectivity index (χ2n) is 11.1. The Morgan fingerprint density at radius 3 is 1.87 bits per heavy atom. The number of hydrogen-bond acceptors (Lipinski definition) is 7. The number of thioether (sulfide) groups is 2. The van der Waals surface area contributed by atoms with Crippen LogP contribution in [0.2, 0.25) is 0 Å². The summed E-state index contributed by atoms with van der Waals surface area (Å²) in [5, 5.41) is 0. The van der Waals surface area contributed by atoms with Crippen molar-refractivity contribution >= 4 is 23.5 Å². The summed E-state index contributed by atoms with van der Waals surface area (Å²) >= 11 is 4.19. The van der Waals surface area contributed by atoms with E-state index in [2.05, 4.69) is 79.5 Å². The van der Waals surface area contributed by atoms with Gasteiger partial charge in [-0.05, 0) is 86.9 Å². The van der Waals surface area contributed by atoms with Crippen molar-refractivity contribution in [1.29, 1.82) is 0 Å². The van der Waals surface area contributed by atoms with Crippen LogP contribution in [0.25, 0.3) is 0 Å². The van der Waals surface area contributed by atoms with E-state index in [9.17, 15) is 0 Å². The summed E-state index contributed by atoms with van der Waals surface area (Å²) in [5.74, 6) is 5.51. The van der Waals surface area contributed by atoms with Gasteiger partial charge in [-0.2, -0.15) is 0 Å². The monoisotopic (exact) mass is 559 g/mol. The Balaban J connectivity index is 1.82. The fraction of sp³-hybridized carbons (Fsp3) is 0.613. The molecule has 210 valence electrons. The summed E-state index contributed by atoms with van der Waals surface area (Å²) in [6, 6.07) is 13.0. The molecule has 2 aliphatic rings. The molecule has 1 aliphatic carbocycles. The molecule has 2 aromatic rings. The first-order valence-corrected chi connectivity index (χ1v) is 15.7. The first kappa shape index (κ1) is 29.3. The van der Waals surface area contributed by atoms with Crippen LogP contribution in [0, 0.1) is 0 Å². The Bertz CT molecular complexity index is 1080. The highest BCUT2D eigenvalue weighted by molar-refractivity contribution is 8.18. The van der Waals surface area contributed by atoms with E-state index in [0.717, 1.165) is 29.5 Å². The van der Waals surface area contributed by atoms with Crippen molar-refractivity contribution in [1.82, 2.24) is 4.90 Å². The van der Waals surface area contributed by atoms with E-state index in [1.165, 1.54) is 61.2 Å². The zero-order valence-electron chi connectivity index (χ0n) is 24.2. The molecular formula is C31H45NO4S2. The van der Waals surface area contributed by atoms with Gasteiger partial charge in [-0.3, -0.25) is 4.90 Å². The predicted octanol–water partition coefficient (Wildman–Crippen LogP) is 7.70. The minimum Gasteiger partial charge on any atom is -0.493 e. The molecule has 0 N–H and O–H groups in total. The predicted molar refractivity (Wildman–Crippen MR) is 162 cm³/mol. The average Bonchev–Trinajstić information content (AvgIpc) is 2.95. The molecule has 2 fully saturated rings. The molecular weight excluding hydrogens is 514 g/mol. The van der Waals surface area contributed by atoms with Crippen LogP contribution in [-0.2, 0) is 11.0 Å². The second-order valence-corrected chi connectivity index (χ2v) is 14.3. The molecule has 0 spiro atoms. The van der Waals surface area contributed by atoms with Crippen LogP contribution in [0.15, 0.2) is 36.4 Å². The Hall–Kier alpha value is -1.70. The van der Waals surface area contributed by atoms with Gasteiger partial charge in [-0.15, -0.1) is 23.5 Å². The smallest absolute Gasteiger partial charge is 0.161 e. The average molecular weight is 560 g/mol. The van der Waals surface area contributed by atoms with E-state index in [4.69, 9.17) is 18.9 Å². The van der Waals surface area contributed by atoms with Crippen LogP contribution in [-0.4, -0.2) is 55.6 Å².